The Balaban J connectivity index is 2.14. The van der Waals surface area contributed by atoms with E-state index in [2.05, 4.69) is 26.1 Å². The van der Waals surface area contributed by atoms with Crippen LogP contribution < -0.4 is 0 Å². The molecule has 0 saturated heterocycles. The fourth-order valence-electron chi connectivity index (χ4n) is 1.88. The minimum atomic E-state index is -0.119. The molecule has 6 nitrogen and oxygen atoms in total. The van der Waals surface area contributed by atoms with Crippen LogP contribution in [0.25, 0.3) is 0 Å². The summed E-state index contributed by atoms with van der Waals surface area (Å²) >= 11 is 3.42. The van der Waals surface area contributed by atoms with E-state index in [0.29, 0.717) is 12.2 Å². The second kappa shape index (κ2) is 5.78. The molecule has 0 N–H and O–H groups in total. The lowest BCUT2D eigenvalue weighted by atomic mass is 10.3. The maximum atomic E-state index is 12.4. The Labute approximate surface area is 126 Å². The molecule has 2 heterocycles. The molecular weight excluding hydrogens is 322 g/mol. The van der Waals surface area contributed by atoms with Crippen molar-refractivity contribution in [3.63, 3.8) is 0 Å². The van der Waals surface area contributed by atoms with Crippen molar-refractivity contribution in [3.05, 3.63) is 33.8 Å². The van der Waals surface area contributed by atoms with Crippen LogP contribution in [-0.4, -0.2) is 37.4 Å². The van der Waals surface area contributed by atoms with Gasteiger partial charge in [-0.05, 0) is 35.8 Å². The lowest BCUT2D eigenvalue weighted by molar-refractivity contribution is 0.0775. The van der Waals surface area contributed by atoms with Gasteiger partial charge in [0.05, 0.1) is 22.4 Å². The number of halogens is 1. The molecule has 0 aliphatic heterocycles. The number of nitrogens with zero attached hydrogens (tertiary/aromatic N) is 5. The van der Waals surface area contributed by atoms with E-state index in [9.17, 15) is 4.79 Å². The molecule has 0 saturated carbocycles. The monoisotopic (exact) mass is 339 g/mol. The minimum absolute atomic E-state index is 0.119. The molecule has 2 aromatic heterocycles. The first kappa shape index (κ1) is 14.8. The highest BCUT2D eigenvalue weighted by molar-refractivity contribution is 9.10. The summed E-state index contributed by atoms with van der Waals surface area (Å²) in [6, 6.07) is 1.92. The molecule has 0 spiro atoms. The third-order valence-electron chi connectivity index (χ3n) is 3.23. The van der Waals surface area contributed by atoms with Crippen molar-refractivity contribution in [2.75, 3.05) is 7.05 Å². The first-order valence-electron chi connectivity index (χ1n) is 6.41. The summed E-state index contributed by atoms with van der Waals surface area (Å²) in [7, 11) is 3.57. The SMILES string of the molecule is CCn1ccc(CN(C)C(=O)c2nn(C)c(C)c2Br)n1. The van der Waals surface area contributed by atoms with E-state index in [-0.39, 0.29) is 5.91 Å². The van der Waals surface area contributed by atoms with Gasteiger partial charge in [-0.2, -0.15) is 10.2 Å². The van der Waals surface area contributed by atoms with Gasteiger partial charge >= 0.3 is 0 Å². The van der Waals surface area contributed by atoms with Gasteiger partial charge in [-0.25, -0.2) is 0 Å². The van der Waals surface area contributed by atoms with Crippen LogP contribution in [-0.2, 0) is 20.1 Å². The zero-order valence-electron chi connectivity index (χ0n) is 12.1. The topological polar surface area (TPSA) is 56.0 Å². The first-order chi connectivity index (χ1) is 9.43. The van der Waals surface area contributed by atoms with Crippen LogP contribution in [0.4, 0.5) is 0 Å². The zero-order chi connectivity index (χ0) is 14.9. The number of amides is 1. The van der Waals surface area contributed by atoms with Gasteiger partial charge in [0, 0.05) is 26.8 Å². The Kier molecular flexibility index (Phi) is 4.27. The summed E-state index contributed by atoms with van der Waals surface area (Å²) in [6.45, 7) is 5.23. The van der Waals surface area contributed by atoms with Gasteiger partial charge in [0.25, 0.3) is 5.91 Å². The van der Waals surface area contributed by atoms with Gasteiger partial charge in [0.2, 0.25) is 0 Å². The van der Waals surface area contributed by atoms with Crippen molar-refractivity contribution >= 4 is 21.8 Å². The lowest BCUT2D eigenvalue weighted by Crippen LogP contribution is -2.27. The molecule has 2 aromatic rings. The summed E-state index contributed by atoms with van der Waals surface area (Å²) in [5.74, 6) is -0.119. The van der Waals surface area contributed by atoms with E-state index in [1.54, 1.807) is 16.6 Å². The Morgan fingerprint density at radius 1 is 1.45 bits per heavy atom. The van der Waals surface area contributed by atoms with Gasteiger partial charge in [0.15, 0.2) is 5.69 Å². The summed E-state index contributed by atoms with van der Waals surface area (Å²) < 4.78 is 4.28. The van der Waals surface area contributed by atoms with E-state index < -0.39 is 0 Å². The Bertz CT molecular complexity index is 631. The molecule has 0 bridgehead atoms. The van der Waals surface area contributed by atoms with Crippen molar-refractivity contribution in [2.45, 2.75) is 26.9 Å². The predicted molar refractivity (Wildman–Crippen MR) is 79.3 cm³/mol. The normalized spacial score (nSPS) is 10.8. The maximum Gasteiger partial charge on any atom is 0.275 e. The van der Waals surface area contributed by atoms with E-state index in [1.807, 2.05) is 37.8 Å². The molecular formula is C13H18BrN5O. The van der Waals surface area contributed by atoms with E-state index in [1.165, 1.54) is 0 Å². The van der Waals surface area contributed by atoms with E-state index in [0.717, 1.165) is 22.4 Å². The zero-order valence-corrected chi connectivity index (χ0v) is 13.7. The van der Waals surface area contributed by atoms with Crippen LogP contribution in [0.2, 0.25) is 0 Å². The van der Waals surface area contributed by atoms with Gasteiger partial charge in [-0.1, -0.05) is 0 Å². The van der Waals surface area contributed by atoms with Crippen LogP contribution in [0.3, 0.4) is 0 Å². The van der Waals surface area contributed by atoms with Gasteiger partial charge in [0.1, 0.15) is 0 Å². The molecule has 0 aromatic carbocycles. The molecule has 0 radical (unpaired) electrons. The van der Waals surface area contributed by atoms with Gasteiger partial charge < -0.3 is 4.90 Å². The fraction of sp³-hybridized carbons (Fsp3) is 0.462. The summed E-state index contributed by atoms with van der Waals surface area (Å²) in [6.07, 6.45) is 1.91. The number of hydrogen-bond acceptors (Lipinski definition) is 3. The molecule has 1 amide bonds. The van der Waals surface area contributed by atoms with E-state index >= 15 is 0 Å². The van der Waals surface area contributed by atoms with Crippen molar-refractivity contribution in [2.24, 2.45) is 7.05 Å². The van der Waals surface area contributed by atoms with Gasteiger partial charge in [-0.3, -0.25) is 14.2 Å². The summed E-state index contributed by atoms with van der Waals surface area (Å²) in [5.41, 5.74) is 2.23. The molecule has 0 unspecified atom stereocenters. The molecule has 0 aliphatic carbocycles. The van der Waals surface area contributed by atoms with Crippen molar-refractivity contribution < 1.29 is 4.79 Å². The minimum Gasteiger partial charge on any atom is -0.334 e. The van der Waals surface area contributed by atoms with E-state index in [4.69, 9.17) is 0 Å². The quantitative estimate of drug-likeness (QED) is 0.855. The van der Waals surface area contributed by atoms with Crippen LogP contribution >= 0.6 is 15.9 Å². The molecule has 20 heavy (non-hydrogen) atoms. The molecule has 0 aliphatic rings. The standard InChI is InChI=1S/C13H18BrN5O/c1-5-19-7-6-10(15-19)8-17(3)13(20)12-11(14)9(2)18(4)16-12/h6-7H,5,8H2,1-4H3. The largest absolute Gasteiger partial charge is 0.334 e. The van der Waals surface area contributed by atoms with Crippen LogP contribution in [0.5, 0.6) is 0 Å². The number of hydrogen-bond donors (Lipinski definition) is 0. The Hall–Kier alpha value is -1.63. The third-order valence-corrected chi connectivity index (χ3v) is 4.18. The average Bonchev–Trinajstić information content (AvgIpc) is 2.98. The highest BCUT2D eigenvalue weighted by Crippen LogP contribution is 2.21. The number of rotatable bonds is 4. The molecule has 2 rings (SSSR count). The number of carbonyl (C=O) groups is 1. The predicted octanol–water partition coefficient (Wildman–Crippen LogP) is 1.98. The lowest BCUT2D eigenvalue weighted by Gasteiger charge is -2.14. The number of carbonyl (C=O) groups excluding carboxylic acids is 1. The maximum absolute atomic E-state index is 12.4. The summed E-state index contributed by atoms with van der Waals surface area (Å²) in [4.78, 5) is 14.0. The number of aryl methyl sites for hydroxylation is 2. The van der Waals surface area contributed by atoms with Crippen molar-refractivity contribution in [3.8, 4) is 0 Å². The molecule has 0 atom stereocenters. The Morgan fingerprint density at radius 2 is 2.15 bits per heavy atom. The second-order valence-electron chi connectivity index (χ2n) is 4.70. The van der Waals surface area contributed by atoms with Crippen LogP contribution in [0.1, 0.15) is 28.8 Å². The van der Waals surface area contributed by atoms with Crippen molar-refractivity contribution in [1.82, 2.24) is 24.5 Å². The Morgan fingerprint density at radius 3 is 2.65 bits per heavy atom. The fourth-order valence-corrected chi connectivity index (χ4v) is 2.38. The second-order valence-corrected chi connectivity index (χ2v) is 5.49. The first-order valence-corrected chi connectivity index (χ1v) is 7.20. The van der Waals surface area contributed by atoms with Gasteiger partial charge in [-0.15, -0.1) is 0 Å². The number of aromatic nitrogens is 4. The van der Waals surface area contributed by atoms with Crippen molar-refractivity contribution in [1.29, 1.82) is 0 Å². The average molecular weight is 340 g/mol. The molecule has 0 fully saturated rings. The smallest absolute Gasteiger partial charge is 0.275 e. The summed E-state index contributed by atoms with van der Waals surface area (Å²) in [5, 5.41) is 8.62. The highest BCUT2D eigenvalue weighted by atomic mass is 79.9. The molecule has 7 heteroatoms. The van der Waals surface area contributed by atoms with Crippen LogP contribution in [0.15, 0.2) is 16.7 Å². The third kappa shape index (κ3) is 2.77. The molecule has 108 valence electrons. The van der Waals surface area contributed by atoms with Crippen LogP contribution in [0, 0.1) is 6.92 Å². The highest BCUT2D eigenvalue weighted by Gasteiger charge is 2.21.